The minimum Gasteiger partial charge on any atom is -0.368 e. The zero-order valence-electron chi connectivity index (χ0n) is 19.9. The van der Waals surface area contributed by atoms with Gasteiger partial charge in [0.05, 0.1) is 5.56 Å². The number of rotatable bonds is 6. The number of halogens is 1. The molecular weight excluding hydrogens is 445 g/mol. The molecule has 5 rings (SSSR count). The largest absolute Gasteiger partial charge is 0.368 e. The molecule has 0 atom stereocenters. The molecule has 3 heterocycles. The van der Waals surface area contributed by atoms with Crippen molar-refractivity contribution in [3.8, 4) is 0 Å². The second-order valence-corrected chi connectivity index (χ2v) is 8.68. The standard InChI is InChI=1S/C26H28FN7O/c1-3-6-21-18(2)30-26-28-17-29-34(26)24(21)31-19-9-11-20(12-10-19)32-13-15-33(16-14-32)25(35)22-7-4-5-8-23(22)27/h4-5,7-12,17,31H,3,6,13-16H2,1-2H3. The monoisotopic (exact) mass is 473 g/mol. The molecule has 35 heavy (non-hydrogen) atoms. The van der Waals surface area contributed by atoms with Gasteiger partial charge >= 0.3 is 0 Å². The minimum atomic E-state index is -0.474. The molecule has 0 unspecified atom stereocenters. The van der Waals surface area contributed by atoms with E-state index in [1.807, 2.05) is 19.1 Å². The average Bonchev–Trinajstić information content (AvgIpc) is 3.35. The van der Waals surface area contributed by atoms with Gasteiger partial charge in [-0.15, -0.1) is 0 Å². The zero-order valence-corrected chi connectivity index (χ0v) is 19.9. The number of amides is 1. The van der Waals surface area contributed by atoms with Crippen molar-refractivity contribution in [3.05, 3.63) is 77.5 Å². The third-order valence-electron chi connectivity index (χ3n) is 6.40. The summed E-state index contributed by atoms with van der Waals surface area (Å²) in [6, 6.07) is 14.4. The summed E-state index contributed by atoms with van der Waals surface area (Å²) in [5, 5.41) is 7.87. The Morgan fingerprint density at radius 2 is 1.80 bits per heavy atom. The molecule has 1 saturated heterocycles. The Kier molecular flexibility index (Phi) is 6.31. The Balaban J connectivity index is 1.28. The van der Waals surface area contributed by atoms with E-state index in [-0.39, 0.29) is 11.5 Å². The van der Waals surface area contributed by atoms with Gasteiger partial charge in [-0.3, -0.25) is 4.79 Å². The van der Waals surface area contributed by atoms with Crippen LogP contribution in [0.2, 0.25) is 0 Å². The summed E-state index contributed by atoms with van der Waals surface area (Å²) >= 11 is 0. The van der Waals surface area contributed by atoms with E-state index >= 15 is 0 Å². The second-order valence-electron chi connectivity index (χ2n) is 8.68. The lowest BCUT2D eigenvalue weighted by Crippen LogP contribution is -2.49. The molecule has 2 aromatic heterocycles. The Labute approximate surface area is 203 Å². The SMILES string of the molecule is CCCc1c(C)nc2ncnn2c1Nc1ccc(N2CCN(C(=O)c3ccccc3F)CC2)cc1. The number of anilines is 3. The molecule has 0 saturated carbocycles. The third kappa shape index (κ3) is 4.53. The highest BCUT2D eigenvalue weighted by Crippen LogP contribution is 2.27. The Morgan fingerprint density at radius 1 is 1.06 bits per heavy atom. The van der Waals surface area contributed by atoms with E-state index in [2.05, 4.69) is 44.3 Å². The lowest BCUT2D eigenvalue weighted by molar-refractivity contribution is 0.0742. The molecule has 9 heteroatoms. The van der Waals surface area contributed by atoms with Crippen LogP contribution in [-0.4, -0.2) is 56.6 Å². The summed E-state index contributed by atoms with van der Waals surface area (Å²) in [5.74, 6) is 0.735. The van der Waals surface area contributed by atoms with Crippen molar-refractivity contribution in [2.24, 2.45) is 0 Å². The van der Waals surface area contributed by atoms with Gasteiger partial charge in [-0.2, -0.15) is 14.6 Å². The summed E-state index contributed by atoms with van der Waals surface area (Å²) < 4.78 is 15.8. The van der Waals surface area contributed by atoms with Gasteiger partial charge in [0.1, 0.15) is 18.0 Å². The second kappa shape index (κ2) is 9.69. The molecule has 1 aliphatic rings. The first-order valence-corrected chi connectivity index (χ1v) is 11.9. The summed E-state index contributed by atoms with van der Waals surface area (Å²) in [4.78, 5) is 25.5. The number of nitrogens with zero attached hydrogens (tertiary/aromatic N) is 6. The van der Waals surface area contributed by atoms with Gasteiger partial charge in [0.25, 0.3) is 11.7 Å². The van der Waals surface area contributed by atoms with Crippen molar-refractivity contribution in [2.75, 3.05) is 36.4 Å². The Morgan fingerprint density at radius 3 is 2.51 bits per heavy atom. The maximum atomic E-state index is 14.0. The van der Waals surface area contributed by atoms with Crippen LogP contribution >= 0.6 is 0 Å². The number of hydrogen-bond acceptors (Lipinski definition) is 6. The van der Waals surface area contributed by atoms with E-state index in [9.17, 15) is 9.18 Å². The molecule has 180 valence electrons. The lowest BCUT2D eigenvalue weighted by Gasteiger charge is -2.36. The number of carbonyl (C=O) groups is 1. The number of fused-ring (bicyclic) bond motifs is 1. The molecule has 0 aliphatic carbocycles. The third-order valence-corrected chi connectivity index (χ3v) is 6.40. The molecule has 1 aliphatic heterocycles. The van der Waals surface area contributed by atoms with Crippen LogP contribution < -0.4 is 10.2 Å². The fraction of sp³-hybridized carbons (Fsp3) is 0.308. The predicted octanol–water partition coefficient (Wildman–Crippen LogP) is 4.23. The number of nitrogens with one attached hydrogen (secondary N) is 1. The van der Waals surface area contributed by atoms with Gasteiger partial charge in [-0.1, -0.05) is 25.5 Å². The quantitative estimate of drug-likeness (QED) is 0.452. The van der Waals surface area contributed by atoms with Gasteiger partial charge < -0.3 is 15.1 Å². The highest BCUT2D eigenvalue weighted by Gasteiger charge is 2.24. The normalized spacial score (nSPS) is 13.9. The van der Waals surface area contributed by atoms with Crippen LogP contribution in [0.1, 0.15) is 35.0 Å². The number of aryl methyl sites for hydroxylation is 1. The van der Waals surface area contributed by atoms with Crippen molar-refractivity contribution >= 4 is 28.9 Å². The first-order valence-electron chi connectivity index (χ1n) is 11.9. The highest BCUT2D eigenvalue weighted by atomic mass is 19.1. The Hall–Kier alpha value is -4.01. The van der Waals surface area contributed by atoms with Gasteiger partial charge in [0, 0.05) is 48.8 Å². The first-order chi connectivity index (χ1) is 17.0. The fourth-order valence-electron chi connectivity index (χ4n) is 4.53. The van der Waals surface area contributed by atoms with Gasteiger partial charge in [0.15, 0.2) is 0 Å². The van der Waals surface area contributed by atoms with Crippen molar-refractivity contribution < 1.29 is 9.18 Å². The minimum absolute atomic E-state index is 0.131. The van der Waals surface area contributed by atoms with Crippen molar-refractivity contribution in [2.45, 2.75) is 26.7 Å². The molecule has 0 spiro atoms. The van der Waals surface area contributed by atoms with Gasteiger partial charge in [-0.25, -0.2) is 9.37 Å². The van der Waals surface area contributed by atoms with Crippen LogP contribution in [0.25, 0.3) is 5.78 Å². The average molecular weight is 474 g/mol. The predicted molar refractivity (Wildman–Crippen MR) is 134 cm³/mol. The molecule has 1 fully saturated rings. The van der Waals surface area contributed by atoms with Crippen molar-refractivity contribution in [3.63, 3.8) is 0 Å². The number of carbonyl (C=O) groups excluding carboxylic acids is 1. The summed E-state index contributed by atoms with van der Waals surface area (Å²) in [7, 11) is 0. The summed E-state index contributed by atoms with van der Waals surface area (Å²) in [6.07, 6.45) is 3.41. The van der Waals surface area contributed by atoms with E-state index in [1.54, 1.807) is 27.6 Å². The van der Waals surface area contributed by atoms with E-state index in [0.717, 1.165) is 41.3 Å². The molecule has 0 bridgehead atoms. The number of benzene rings is 2. The molecule has 2 aromatic carbocycles. The fourth-order valence-corrected chi connectivity index (χ4v) is 4.53. The van der Waals surface area contributed by atoms with E-state index in [0.29, 0.717) is 32.0 Å². The highest BCUT2D eigenvalue weighted by molar-refractivity contribution is 5.94. The van der Waals surface area contributed by atoms with Gasteiger partial charge in [0.2, 0.25) is 0 Å². The topological polar surface area (TPSA) is 78.7 Å². The van der Waals surface area contributed by atoms with Crippen LogP contribution in [0.15, 0.2) is 54.9 Å². The van der Waals surface area contributed by atoms with Gasteiger partial charge in [-0.05, 0) is 49.7 Å². The number of hydrogen-bond donors (Lipinski definition) is 1. The van der Waals surface area contributed by atoms with Crippen LogP contribution in [0, 0.1) is 12.7 Å². The number of aromatic nitrogens is 4. The number of piperazine rings is 1. The smallest absolute Gasteiger partial charge is 0.256 e. The zero-order chi connectivity index (χ0) is 24.4. The van der Waals surface area contributed by atoms with E-state index in [4.69, 9.17) is 0 Å². The molecule has 8 nitrogen and oxygen atoms in total. The summed E-state index contributed by atoms with van der Waals surface area (Å²) in [6.45, 7) is 6.63. The molecular formula is C26H28FN7O. The van der Waals surface area contributed by atoms with E-state index < -0.39 is 5.82 Å². The first kappa shape index (κ1) is 22.8. The van der Waals surface area contributed by atoms with Crippen LogP contribution in [0.3, 0.4) is 0 Å². The van der Waals surface area contributed by atoms with Crippen molar-refractivity contribution in [1.82, 2.24) is 24.5 Å². The molecule has 1 N–H and O–H groups in total. The van der Waals surface area contributed by atoms with E-state index in [1.165, 1.54) is 12.4 Å². The molecule has 4 aromatic rings. The van der Waals surface area contributed by atoms with Crippen molar-refractivity contribution in [1.29, 1.82) is 0 Å². The summed E-state index contributed by atoms with van der Waals surface area (Å²) in [5.41, 5.74) is 4.24. The van der Waals surface area contributed by atoms with Crippen LogP contribution in [0.4, 0.5) is 21.6 Å². The lowest BCUT2D eigenvalue weighted by atomic mass is 10.1. The maximum absolute atomic E-state index is 14.0. The van der Waals surface area contributed by atoms with Crippen LogP contribution in [0.5, 0.6) is 0 Å². The molecule has 1 amide bonds. The molecule has 0 radical (unpaired) electrons. The maximum Gasteiger partial charge on any atom is 0.256 e. The van der Waals surface area contributed by atoms with Crippen LogP contribution in [-0.2, 0) is 6.42 Å². The Bertz CT molecular complexity index is 1340.